The molecule has 2 aromatic rings. The number of anilines is 2. The second-order valence-electron chi connectivity index (χ2n) is 7.41. The van der Waals surface area contributed by atoms with E-state index in [2.05, 4.69) is 0 Å². The smallest absolute Gasteiger partial charge is 0.289 e. The molecule has 0 radical (unpaired) electrons. The van der Waals surface area contributed by atoms with Crippen molar-refractivity contribution in [1.82, 2.24) is 0 Å². The molecule has 30 heavy (non-hydrogen) atoms. The van der Waals surface area contributed by atoms with Crippen LogP contribution in [0.4, 0.5) is 29.3 Å². The summed E-state index contributed by atoms with van der Waals surface area (Å²) in [5, 5.41) is 9.79. The normalized spacial score (nSPS) is 21.5. The first-order valence-electron chi connectivity index (χ1n) is 9.40. The summed E-state index contributed by atoms with van der Waals surface area (Å²) in [5.41, 5.74) is -0.885. The zero-order chi connectivity index (χ0) is 21.6. The first kappa shape index (κ1) is 20.8. The van der Waals surface area contributed by atoms with Crippen LogP contribution in [-0.2, 0) is 6.18 Å². The van der Waals surface area contributed by atoms with Crippen LogP contribution in [0.15, 0.2) is 36.4 Å². The maximum Gasteiger partial charge on any atom is 0.417 e. The molecule has 2 aromatic carbocycles. The average Bonchev–Trinajstić information content (AvgIpc) is 2.98. The maximum absolute atomic E-state index is 13.5. The molecule has 2 amide bonds. The predicted molar refractivity (Wildman–Crippen MR) is 109 cm³/mol. The van der Waals surface area contributed by atoms with Gasteiger partial charge >= 0.3 is 12.2 Å². The topological polar surface area (TPSA) is 47.3 Å². The van der Waals surface area contributed by atoms with E-state index in [1.165, 1.54) is 11.0 Å². The molecule has 0 aromatic heterocycles. The zero-order valence-electron chi connectivity index (χ0n) is 15.6. The van der Waals surface area contributed by atoms with Gasteiger partial charge in [0.2, 0.25) is 0 Å². The van der Waals surface area contributed by atoms with Gasteiger partial charge in [-0.15, -0.1) is 0 Å². The molecule has 0 N–H and O–H groups in total. The number of benzene rings is 2. The van der Waals surface area contributed by atoms with Crippen LogP contribution < -0.4 is 9.80 Å². The minimum absolute atomic E-state index is 0.124. The molecule has 1 saturated heterocycles. The van der Waals surface area contributed by atoms with Gasteiger partial charge in [0.15, 0.2) is 0 Å². The second-order valence-corrected chi connectivity index (χ2v) is 8.28. The Hall–Kier alpha value is -2.43. The first-order valence-corrected chi connectivity index (χ1v) is 10.2. The highest BCUT2D eigenvalue weighted by Crippen LogP contribution is 2.42. The monoisotopic (exact) mass is 453 g/mol. The third-order valence-corrected chi connectivity index (χ3v) is 6.04. The van der Waals surface area contributed by atoms with Crippen LogP contribution in [0, 0.1) is 11.3 Å². The standard InChI is InChI=1S/C21H16Cl2F3N3O/c22-13-7-14(23)9-16(8-13)29-19-4-2-1-3-18(19)28(20(29)30)15-6-5-12(11-27)17(10-15)21(24,25)26/h5-10,18-19H,1-4H2/t18-,19-/m1/s1. The van der Waals surface area contributed by atoms with Crippen LogP contribution in [-0.4, -0.2) is 18.1 Å². The summed E-state index contributed by atoms with van der Waals surface area (Å²) in [7, 11) is 0. The van der Waals surface area contributed by atoms with Crippen molar-refractivity contribution >= 4 is 40.6 Å². The molecule has 0 unspecified atom stereocenters. The minimum atomic E-state index is -4.70. The van der Waals surface area contributed by atoms with Crippen LogP contribution in [0.3, 0.4) is 0 Å². The largest absolute Gasteiger partial charge is 0.417 e. The fourth-order valence-corrected chi connectivity index (χ4v) is 4.90. The van der Waals surface area contributed by atoms with Gasteiger partial charge in [-0.05, 0) is 49.2 Å². The third kappa shape index (κ3) is 3.59. The average molecular weight is 454 g/mol. The number of urea groups is 1. The van der Waals surface area contributed by atoms with E-state index in [1.807, 2.05) is 0 Å². The van der Waals surface area contributed by atoms with Crippen molar-refractivity contribution in [3.05, 3.63) is 57.6 Å². The van der Waals surface area contributed by atoms with Crippen LogP contribution >= 0.6 is 23.2 Å². The molecular weight excluding hydrogens is 438 g/mol. The number of rotatable bonds is 2. The van der Waals surface area contributed by atoms with Crippen molar-refractivity contribution in [2.75, 3.05) is 9.80 Å². The number of nitrogens with zero attached hydrogens (tertiary/aromatic N) is 3. The van der Waals surface area contributed by atoms with Gasteiger partial charge in [-0.3, -0.25) is 9.80 Å². The van der Waals surface area contributed by atoms with E-state index in [-0.39, 0.29) is 17.8 Å². The van der Waals surface area contributed by atoms with Gasteiger partial charge in [0, 0.05) is 21.4 Å². The van der Waals surface area contributed by atoms with E-state index in [0.717, 1.165) is 31.4 Å². The molecule has 1 saturated carbocycles. The van der Waals surface area contributed by atoms with Crippen molar-refractivity contribution in [3.8, 4) is 6.07 Å². The van der Waals surface area contributed by atoms with Gasteiger partial charge in [-0.1, -0.05) is 36.0 Å². The summed E-state index contributed by atoms with van der Waals surface area (Å²) in [6, 6.07) is 8.86. The number of hydrogen-bond acceptors (Lipinski definition) is 2. The van der Waals surface area contributed by atoms with Gasteiger partial charge in [0.1, 0.15) is 0 Å². The van der Waals surface area contributed by atoms with Crippen molar-refractivity contribution in [2.24, 2.45) is 0 Å². The number of amides is 2. The van der Waals surface area contributed by atoms with Crippen molar-refractivity contribution in [2.45, 2.75) is 43.9 Å². The van der Waals surface area contributed by atoms with E-state index in [0.29, 0.717) is 22.2 Å². The van der Waals surface area contributed by atoms with Gasteiger partial charge in [-0.25, -0.2) is 4.79 Å². The van der Waals surface area contributed by atoms with Crippen molar-refractivity contribution in [3.63, 3.8) is 0 Å². The molecule has 1 aliphatic carbocycles. The molecule has 156 valence electrons. The van der Waals surface area contributed by atoms with E-state index >= 15 is 0 Å². The SMILES string of the molecule is N#Cc1ccc(N2C(=O)N(c3cc(Cl)cc(Cl)c3)[C@@H]3CCCC[C@H]32)cc1C(F)(F)F. The number of halogens is 5. The number of nitriles is 1. The van der Waals surface area contributed by atoms with Crippen molar-refractivity contribution < 1.29 is 18.0 Å². The molecule has 0 spiro atoms. The van der Waals surface area contributed by atoms with Crippen LogP contribution in [0.25, 0.3) is 0 Å². The fourth-order valence-electron chi connectivity index (χ4n) is 4.39. The van der Waals surface area contributed by atoms with E-state index in [1.54, 1.807) is 29.2 Å². The molecule has 9 heteroatoms. The van der Waals surface area contributed by atoms with E-state index in [9.17, 15) is 18.0 Å². The Kier molecular flexibility index (Phi) is 5.33. The number of fused-ring (bicyclic) bond motifs is 1. The quantitative estimate of drug-likeness (QED) is 0.511. The predicted octanol–water partition coefficient (Wildman–Crippen LogP) is 6.64. The summed E-state index contributed by atoms with van der Waals surface area (Å²) in [6.45, 7) is 0. The highest BCUT2D eigenvalue weighted by atomic mass is 35.5. The summed E-state index contributed by atoms with van der Waals surface area (Å²) in [5.74, 6) is 0. The Morgan fingerprint density at radius 1 is 0.933 bits per heavy atom. The Morgan fingerprint density at radius 3 is 2.03 bits per heavy atom. The maximum atomic E-state index is 13.5. The van der Waals surface area contributed by atoms with Crippen LogP contribution in [0.1, 0.15) is 36.8 Å². The lowest BCUT2D eigenvalue weighted by Gasteiger charge is -2.32. The number of alkyl halides is 3. The Morgan fingerprint density at radius 2 is 1.50 bits per heavy atom. The first-order chi connectivity index (χ1) is 14.2. The number of hydrogen-bond donors (Lipinski definition) is 0. The van der Waals surface area contributed by atoms with Gasteiger partial charge in [-0.2, -0.15) is 18.4 Å². The van der Waals surface area contributed by atoms with E-state index < -0.39 is 23.3 Å². The second kappa shape index (κ2) is 7.68. The highest BCUT2D eigenvalue weighted by molar-refractivity contribution is 6.35. The molecule has 0 bridgehead atoms. The Bertz CT molecular complexity index is 1030. The summed E-state index contributed by atoms with van der Waals surface area (Å²) >= 11 is 12.2. The van der Waals surface area contributed by atoms with Gasteiger partial charge in [0.05, 0.1) is 29.3 Å². The Labute approximate surface area is 181 Å². The number of carbonyl (C=O) groups is 1. The zero-order valence-corrected chi connectivity index (χ0v) is 17.1. The molecule has 4 rings (SSSR count). The Balaban J connectivity index is 1.81. The van der Waals surface area contributed by atoms with Crippen LogP contribution in [0.5, 0.6) is 0 Å². The lowest BCUT2D eigenvalue weighted by molar-refractivity contribution is -0.137. The summed E-state index contributed by atoms with van der Waals surface area (Å²) < 4.78 is 40.4. The molecule has 1 aliphatic heterocycles. The molecule has 2 fully saturated rings. The van der Waals surface area contributed by atoms with Gasteiger partial charge in [0.25, 0.3) is 0 Å². The molecule has 2 atom stereocenters. The summed E-state index contributed by atoms with van der Waals surface area (Å²) in [4.78, 5) is 16.4. The van der Waals surface area contributed by atoms with Crippen LogP contribution in [0.2, 0.25) is 10.0 Å². The van der Waals surface area contributed by atoms with Gasteiger partial charge < -0.3 is 0 Å². The number of carbonyl (C=O) groups excluding carboxylic acids is 1. The lowest BCUT2D eigenvalue weighted by atomic mass is 9.89. The van der Waals surface area contributed by atoms with Crippen molar-refractivity contribution in [1.29, 1.82) is 5.26 Å². The molecule has 1 heterocycles. The van der Waals surface area contributed by atoms with E-state index in [4.69, 9.17) is 28.5 Å². The third-order valence-electron chi connectivity index (χ3n) is 5.60. The molecule has 4 nitrogen and oxygen atoms in total. The lowest BCUT2D eigenvalue weighted by Crippen LogP contribution is -2.40. The minimum Gasteiger partial charge on any atom is -0.289 e. The fraction of sp³-hybridized carbons (Fsp3) is 0.333. The molecule has 2 aliphatic rings. The molecular formula is C21H16Cl2F3N3O. The highest BCUT2D eigenvalue weighted by Gasteiger charge is 2.48. The summed E-state index contributed by atoms with van der Waals surface area (Å²) in [6.07, 6.45) is -1.52.